The minimum Gasteiger partial charge on any atom is -0.375 e. The van der Waals surface area contributed by atoms with Crippen molar-refractivity contribution in [3.63, 3.8) is 0 Å². The van der Waals surface area contributed by atoms with Crippen LogP contribution in [-0.4, -0.2) is 64.9 Å². The lowest BCUT2D eigenvalue weighted by molar-refractivity contribution is -0.145. The number of imidazole rings is 1. The number of rotatable bonds is 3. The summed E-state index contributed by atoms with van der Waals surface area (Å²) in [4.78, 5) is 38.1. The van der Waals surface area contributed by atoms with Gasteiger partial charge in [-0.2, -0.15) is 0 Å². The standard InChI is InChI=1S/C19H24N4O3S/c1-13-4-10-27-16(13)18(25)22-8-5-19(6-9-22)17-14(20-12-21-17)3-7-23(19)15(24)11-26-2/h4,10,12H,3,5-9,11H2,1-2H3,(H,20,21). The number of thiophene rings is 1. The molecule has 0 unspecified atom stereocenters. The van der Waals surface area contributed by atoms with Gasteiger partial charge in [0.25, 0.3) is 5.91 Å². The van der Waals surface area contributed by atoms with Crippen LogP contribution in [0, 0.1) is 6.92 Å². The number of ether oxygens (including phenoxy) is 1. The summed E-state index contributed by atoms with van der Waals surface area (Å²) in [6.07, 6.45) is 3.86. The summed E-state index contributed by atoms with van der Waals surface area (Å²) >= 11 is 1.49. The number of nitrogens with one attached hydrogen (secondary N) is 1. The molecule has 4 heterocycles. The van der Waals surface area contributed by atoms with Gasteiger partial charge in [0.2, 0.25) is 5.91 Å². The number of amides is 2. The molecular weight excluding hydrogens is 364 g/mol. The quantitative estimate of drug-likeness (QED) is 0.872. The topological polar surface area (TPSA) is 78.5 Å². The van der Waals surface area contributed by atoms with Crippen molar-refractivity contribution in [1.82, 2.24) is 19.8 Å². The molecule has 27 heavy (non-hydrogen) atoms. The molecule has 1 N–H and O–H groups in total. The Balaban J connectivity index is 1.59. The van der Waals surface area contributed by atoms with E-state index in [4.69, 9.17) is 4.74 Å². The zero-order chi connectivity index (χ0) is 19.0. The molecule has 8 heteroatoms. The van der Waals surface area contributed by atoms with Crippen LogP contribution in [0.25, 0.3) is 0 Å². The molecule has 0 bridgehead atoms. The molecule has 2 amide bonds. The van der Waals surface area contributed by atoms with Gasteiger partial charge in [0.1, 0.15) is 6.61 Å². The smallest absolute Gasteiger partial charge is 0.264 e. The first kappa shape index (κ1) is 18.2. The van der Waals surface area contributed by atoms with E-state index >= 15 is 0 Å². The minimum absolute atomic E-state index is 0.0139. The molecule has 2 aromatic rings. The summed E-state index contributed by atoms with van der Waals surface area (Å²) in [5.74, 6) is 0.0743. The minimum atomic E-state index is -0.454. The largest absolute Gasteiger partial charge is 0.375 e. The number of aromatic nitrogens is 2. The molecule has 1 spiro atoms. The third-order valence-corrected chi connectivity index (χ3v) is 6.77. The molecule has 1 fully saturated rings. The molecule has 4 rings (SSSR count). The number of nitrogens with zero attached hydrogens (tertiary/aromatic N) is 3. The van der Waals surface area contributed by atoms with Crippen LogP contribution < -0.4 is 0 Å². The number of carbonyl (C=O) groups is 2. The number of H-pyrrole nitrogens is 1. The Bertz CT molecular complexity index is 851. The van der Waals surface area contributed by atoms with E-state index in [2.05, 4.69) is 9.97 Å². The molecule has 7 nitrogen and oxygen atoms in total. The molecular formula is C19H24N4O3S. The third kappa shape index (κ3) is 2.96. The Morgan fingerprint density at radius 2 is 2.11 bits per heavy atom. The molecule has 0 radical (unpaired) electrons. The summed E-state index contributed by atoms with van der Waals surface area (Å²) in [6, 6.07) is 1.98. The Morgan fingerprint density at radius 3 is 2.78 bits per heavy atom. The first-order valence-electron chi connectivity index (χ1n) is 9.22. The summed E-state index contributed by atoms with van der Waals surface area (Å²) in [6.45, 7) is 3.91. The molecule has 0 atom stereocenters. The van der Waals surface area contributed by atoms with Crippen LogP contribution in [0.2, 0.25) is 0 Å². The van der Waals surface area contributed by atoms with Gasteiger partial charge in [0, 0.05) is 38.9 Å². The highest BCUT2D eigenvalue weighted by Gasteiger charge is 2.49. The normalized spacial score (nSPS) is 18.6. The lowest BCUT2D eigenvalue weighted by Crippen LogP contribution is -2.59. The molecule has 2 aliphatic rings. The lowest BCUT2D eigenvalue weighted by Gasteiger charge is -2.50. The van der Waals surface area contributed by atoms with Gasteiger partial charge in [-0.1, -0.05) is 0 Å². The van der Waals surface area contributed by atoms with Crippen LogP contribution >= 0.6 is 11.3 Å². The summed E-state index contributed by atoms with van der Waals surface area (Å²) in [7, 11) is 1.54. The van der Waals surface area contributed by atoms with Gasteiger partial charge in [0.15, 0.2) is 0 Å². The van der Waals surface area contributed by atoms with Crippen LogP contribution in [-0.2, 0) is 21.5 Å². The molecule has 1 saturated heterocycles. The number of methoxy groups -OCH3 is 1. The molecule has 0 saturated carbocycles. The van der Waals surface area contributed by atoms with Crippen molar-refractivity contribution < 1.29 is 14.3 Å². The molecule has 144 valence electrons. The van der Waals surface area contributed by atoms with Crippen molar-refractivity contribution in [3.05, 3.63) is 39.6 Å². The number of hydrogen-bond acceptors (Lipinski definition) is 5. The number of likely N-dealkylation sites (tertiary alicyclic amines) is 1. The SMILES string of the molecule is COCC(=O)N1CCc2[nH]cnc2C12CCN(C(=O)c1sccc1C)CC2. The second kappa shape index (κ2) is 7.09. The van der Waals surface area contributed by atoms with Crippen molar-refractivity contribution in [3.8, 4) is 0 Å². The summed E-state index contributed by atoms with van der Waals surface area (Å²) < 4.78 is 5.10. The first-order chi connectivity index (χ1) is 13.1. The first-order valence-corrected chi connectivity index (χ1v) is 10.1. The van der Waals surface area contributed by atoms with E-state index in [1.165, 1.54) is 11.3 Å². The maximum Gasteiger partial charge on any atom is 0.264 e. The highest BCUT2D eigenvalue weighted by atomic mass is 32.1. The van der Waals surface area contributed by atoms with Crippen LogP contribution in [0.1, 0.15) is 39.5 Å². The third-order valence-electron chi connectivity index (χ3n) is 5.76. The van der Waals surface area contributed by atoms with Crippen LogP contribution in [0.15, 0.2) is 17.8 Å². The number of hydrogen-bond donors (Lipinski definition) is 1. The number of aryl methyl sites for hydroxylation is 1. The Morgan fingerprint density at radius 1 is 1.33 bits per heavy atom. The van der Waals surface area contributed by atoms with E-state index in [0.29, 0.717) is 32.5 Å². The van der Waals surface area contributed by atoms with E-state index in [1.807, 2.05) is 28.2 Å². The fraction of sp³-hybridized carbons (Fsp3) is 0.526. The number of aromatic amines is 1. The molecule has 0 aliphatic carbocycles. The maximum atomic E-state index is 12.9. The van der Waals surface area contributed by atoms with Crippen molar-refractivity contribution in [1.29, 1.82) is 0 Å². The van der Waals surface area contributed by atoms with Gasteiger partial charge in [-0.15, -0.1) is 11.3 Å². The Hall–Kier alpha value is -2.19. The van der Waals surface area contributed by atoms with Gasteiger partial charge in [0.05, 0.1) is 22.4 Å². The zero-order valence-electron chi connectivity index (χ0n) is 15.7. The van der Waals surface area contributed by atoms with Gasteiger partial charge in [-0.25, -0.2) is 4.98 Å². The second-order valence-corrected chi connectivity index (χ2v) is 8.13. The second-order valence-electron chi connectivity index (χ2n) is 7.21. The average molecular weight is 388 g/mol. The Labute approximate surface area is 162 Å². The van der Waals surface area contributed by atoms with E-state index in [0.717, 1.165) is 28.2 Å². The monoisotopic (exact) mass is 388 g/mol. The molecule has 2 aliphatic heterocycles. The number of piperidine rings is 1. The van der Waals surface area contributed by atoms with Gasteiger partial charge >= 0.3 is 0 Å². The van der Waals surface area contributed by atoms with E-state index < -0.39 is 5.54 Å². The predicted octanol–water partition coefficient (Wildman–Crippen LogP) is 1.94. The predicted molar refractivity (Wildman–Crippen MR) is 102 cm³/mol. The Kier molecular flexibility index (Phi) is 4.77. The lowest BCUT2D eigenvalue weighted by atomic mass is 9.78. The van der Waals surface area contributed by atoms with Crippen LogP contribution in [0.4, 0.5) is 0 Å². The summed E-state index contributed by atoms with van der Waals surface area (Å²) in [5.41, 5.74) is 2.63. The van der Waals surface area contributed by atoms with E-state index in [-0.39, 0.29) is 18.4 Å². The number of carbonyl (C=O) groups excluding carboxylic acids is 2. The van der Waals surface area contributed by atoms with Crippen LogP contribution in [0.5, 0.6) is 0 Å². The average Bonchev–Trinajstić information content (AvgIpc) is 3.31. The van der Waals surface area contributed by atoms with Gasteiger partial charge < -0.3 is 19.5 Å². The number of fused-ring (bicyclic) bond motifs is 2. The van der Waals surface area contributed by atoms with Crippen molar-refractivity contribution >= 4 is 23.2 Å². The molecule has 2 aromatic heterocycles. The van der Waals surface area contributed by atoms with Crippen LogP contribution in [0.3, 0.4) is 0 Å². The van der Waals surface area contributed by atoms with Crippen molar-refractivity contribution in [2.45, 2.75) is 31.7 Å². The van der Waals surface area contributed by atoms with Gasteiger partial charge in [-0.05, 0) is 36.8 Å². The van der Waals surface area contributed by atoms with Crippen molar-refractivity contribution in [2.75, 3.05) is 33.4 Å². The van der Waals surface area contributed by atoms with Crippen molar-refractivity contribution in [2.24, 2.45) is 0 Å². The summed E-state index contributed by atoms with van der Waals surface area (Å²) in [5, 5.41) is 1.95. The van der Waals surface area contributed by atoms with E-state index in [9.17, 15) is 9.59 Å². The molecule has 0 aromatic carbocycles. The maximum absolute atomic E-state index is 12.9. The highest BCUT2D eigenvalue weighted by molar-refractivity contribution is 7.12. The van der Waals surface area contributed by atoms with E-state index in [1.54, 1.807) is 13.4 Å². The van der Waals surface area contributed by atoms with Gasteiger partial charge in [-0.3, -0.25) is 9.59 Å². The highest BCUT2D eigenvalue weighted by Crippen LogP contribution is 2.42. The fourth-order valence-electron chi connectivity index (χ4n) is 4.36. The fourth-order valence-corrected chi connectivity index (χ4v) is 5.26. The zero-order valence-corrected chi connectivity index (χ0v) is 16.5.